The monoisotopic (exact) mass is 217 g/mol. The number of hydrogen-bond acceptors (Lipinski definition) is 2. The van der Waals surface area contributed by atoms with Gasteiger partial charge in [0.2, 0.25) is 0 Å². The number of benzene rings is 1. The topological polar surface area (TPSA) is 44.0 Å². The van der Waals surface area contributed by atoms with Crippen molar-refractivity contribution in [3.8, 4) is 6.07 Å². The number of rotatable bonds is 4. The van der Waals surface area contributed by atoms with Gasteiger partial charge >= 0.3 is 0 Å². The molecule has 16 heavy (non-hydrogen) atoms. The molecule has 1 rings (SSSR count). The van der Waals surface area contributed by atoms with E-state index in [1.165, 1.54) is 0 Å². The first-order valence-corrected chi connectivity index (χ1v) is 5.73. The van der Waals surface area contributed by atoms with Crippen LogP contribution in [0.15, 0.2) is 30.3 Å². The Morgan fingerprint density at radius 1 is 1.19 bits per heavy atom. The van der Waals surface area contributed by atoms with Gasteiger partial charge in [0.25, 0.3) is 0 Å². The predicted octanol–water partition coefficient (Wildman–Crippen LogP) is 3.22. The van der Waals surface area contributed by atoms with Crippen LogP contribution in [0.4, 0.5) is 0 Å². The summed E-state index contributed by atoms with van der Waals surface area (Å²) in [5.41, 5.74) is -0.996. The highest BCUT2D eigenvalue weighted by Crippen LogP contribution is 2.44. The van der Waals surface area contributed by atoms with Gasteiger partial charge in [0.05, 0.1) is 11.5 Å². The molecule has 2 atom stereocenters. The molecule has 2 nitrogen and oxygen atoms in total. The fourth-order valence-corrected chi connectivity index (χ4v) is 2.09. The molecule has 1 aromatic rings. The van der Waals surface area contributed by atoms with Gasteiger partial charge in [-0.1, -0.05) is 44.2 Å². The summed E-state index contributed by atoms with van der Waals surface area (Å²) in [6.45, 7) is 5.68. The third-order valence-electron chi connectivity index (χ3n) is 3.63. The van der Waals surface area contributed by atoms with Crippen LogP contribution in [-0.4, -0.2) is 5.11 Å². The van der Waals surface area contributed by atoms with Crippen molar-refractivity contribution in [3.63, 3.8) is 0 Å². The quantitative estimate of drug-likeness (QED) is 0.841. The van der Waals surface area contributed by atoms with Crippen molar-refractivity contribution in [1.82, 2.24) is 0 Å². The van der Waals surface area contributed by atoms with Crippen molar-refractivity contribution in [1.29, 1.82) is 5.26 Å². The van der Waals surface area contributed by atoms with Crippen LogP contribution in [0.25, 0.3) is 0 Å². The summed E-state index contributed by atoms with van der Waals surface area (Å²) < 4.78 is 0. The van der Waals surface area contributed by atoms with E-state index >= 15 is 0 Å². The maximum atomic E-state index is 10.8. The number of nitriles is 1. The summed E-state index contributed by atoms with van der Waals surface area (Å²) in [5.74, 6) is 0. The third kappa shape index (κ3) is 1.83. The van der Waals surface area contributed by atoms with E-state index in [-0.39, 0.29) is 0 Å². The first kappa shape index (κ1) is 12.7. The molecular formula is C14H19NO. The van der Waals surface area contributed by atoms with Gasteiger partial charge in [-0.05, 0) is 25.3 Å². The molecule has 0 spiro atoms. The van der Waals surface area contributed by atoms with Gasteiger partial charge in [0.15, 0.2) is 0 Å². The fraction of sp³-hybridized carbons (Fsp3) is 0.500. The summed E-state index contributed by atoms with van der Waals surface area (Å²) in [7, 11) is 0. The Hall–Kier alpha value is -1.33. The lowest BCUT2D eigenvalue weighted by molar-refractivity contribution is -0.0587. The second-order valence-electron chi connectivity index (χ2n) is 4.38. The molecule has 0 aliphatic rings. The van der Waals surface area contributed by atoms with Crippen LogP contribution < -0.4 is 0 Å². The van der Waals surface area contributed by atoms with Crippen molar-refractivity contribution in [2.24, 2.45) is 5.41 Å². The van der Waals surface area contributed by atoms with Gasteiger partial charge < -0.3 is 5.11 Å². The zero-order valence-corrected chi connectivity index (χ0v) is 10.2. The van der Waals surface area contributed by atoms with Gasteiger partial charge in [-0.3, -0.25) is 0 Å². The highest BCUT2D eigenvalue weighted by atomic mass is 16.3. The lowest BCUT2D eigenvalue weighted by atomic mass is 9.67. The molecule has 0 saturated heterocycles. The Bertz CT molecular complexity index is 381. The van der Waals surface area contributed by atoms with Crippen molar-refractivity contribution in [2.75, 3.05) is 0 Å². The molecular weight excluding hydrogens is 198 g/mol. The maximum absolute atomic E-state index is 10.8. The normalized spacial score (nSPS) is 18.2. The maximum Gasteiger partial charge on any atom is 0.108 e. The minimum absolute atomic E-state index is 0.537. The average Bonchev–Trinajstić information content (AvgIpc) is 2.37. The highest BCUT2D eigenvalue weighted by Gasteiger charge is 2.46. The van der Waals surface area contributed by atoms with Crippen molar-refractivity contribution in [3.05, 3.63) is 35.9 Å². The Balaban J connectivity index is 3.28. The number of nitrogens with zero attached hydrogens (tertiary/aromatic N) is 1. The molecule has 0 aliphatic carbocycles. The molecule has 2 heteroatoms. The van der Waals surface area contributed by atoms with Crippen LogP contribution in [0.5, 0.6) is 0 Å². The minimum atomic E-state index is -1.07. The summed E-state index contributed by atoms with van der Waals surface area (Å²) in [6.07, 6.45) is 1.16. The second-order valence-corrected chi connectivity index (χ2v) is 4.38. The summed E-state index contributed by atoms with van der Waals surface area (Å²) >= 11 is 0. The summed E-state index contributed by atoms with van der Waals surface area (Å²) in [4.78, 5) is 0. The zero-order chi connectivity index (χ0) is 12.2. The Labute approximate surface area is 97.5 Å². The van der Waals surface area contributed by atoms with Crippen LogP contribution in [0.2, 0.25) is 0 Å². The Morgan fingerprint density at radius 3 is 2.12 bits per heavy atom. The Kier molecular flexibility index (Phi) is 3.72. The van der Waals surface area contributed by atoms with E-state index in [0.717, 1.165) is 5.56 Å². The smallest absolute Gasteiger partial charge is 0.108 e. The second kappa shape index (κ2) is 4.67. The predicted molar refractivity (Wildman–Crippen MR) is 64.6 cm³/mol. The van der Waals surface area contributed by atoms with Gasteiger partial charge in [-0.15, -0.1) is 0 Å². The molecule has 0 amide bonds. The van der Waals surface area contributed by atoms with Crippen molar-refractivity contribution in [2.45, 2.75) is 39.2 Å². The van der Waals surface area contributed by atoms with E-state index in [9.17, 15) is 10.4 Å². The minimum Gasteiger partial charge on any atom is -0.384 e. The Morgan fingerprint density at radius 2 is 1.75 bits per heavy atom. The molecule has 1 N–H and O–H groups in total. The van der Waals surface area contributed by atoms with Crippen molar-refractivity contribution < 1.29 is 5.11 Å². The van der Waals surface area contributed by atoms with E-state index in [4.69, 9.17) is 0 Å². The largest absolute Gasteiger partial charge is 0.384 e. The van der Waals surface area contributed by atoms with E-state index < -0.39 is 11.0 Å². The highest BCUT2D eigenvalue weighted by molar-refractivity contribution is 5.28. The first-order chi connectivity index (χ1) is 7.54. The van der Waals surface area contributed by atoms with Crippen molar-refractivity contribution >= 4 is 0 Å². The van der Waals surface area contributed by atoms with E-state index in [1.54, 1.807) is 0 Å². The first-order valence-electron chi connectivity index (χ1n) is 5.73. The van der Waals surface area contributed by atoms with Gasteiger partial charge in [0.1, 0.15) is 5.60 Å². The standard InChI is InChI=1S/C14H19NO/c1-4-13(3,11-15)14(16,5-2)12-9-7-6-8-10-12/h6-10,16H,4-5H2,1-3H3. The van der Waals surface area contributed by atoms with E-state index in [0.29, 0.717) is 12.8 Å². The summed E-state index contributed by atoms with van der Waals surface area (Å²) in [6, 6.07) is 11.7. The molecule has 0 aliphatic heterocycles. The summed E-state index contributed by atoms with van der Waals surface area (Å²) in [5, 5.41) is 20.1. The lowest BCUT2D eigenvalue weighted by Crippen LogP contribution is -2.42. The van der Waals surface area contributed by atoms with E-state index in [1.807, 2.05) is 51.1 Å². The molecule has 0 heterocycles. The molecule has 0 radical (unpaired) electrons. The molecule has 0 fully saturated rings. The number of hydrogen-bond donors (Lipinski definition) is 1. The van der Waals surface area contributed by atoms with Crippen LogP contribution in [-0.2, 0) is 5.60 Å². The zero-order valence-electron chi connectivity index (χ0n) is 10.2. The van der Waals surface area contributed by atoms with Crippen LogP contribution in [0, 0.1) is 16.7 Å². The van der Waals surface area contributed by atoms with E-state index in [2.05, 4.69) is 6.07 Å². The fourth-order valence-electron chi connectivity index (χ4n) is 2.09. The van der Waals surface area contributed by atoms with Gasteiger partial charge in [-0.25, -0.2) is 0 Å². The van der Waals surface area contributed by atoms with Crippen LogP contribution in [0.1, 0.15) is 39.2 Å². The molecule has 0 aromatic heterocycles. The molecule has 0 saturated carbocycles. The molecule has 0 bridgehead atoms. The third-order valence-corrected chi connectivity index (χ3v) is 3.63. The number of aliphatic hydroxyl groups is 1. The average molecular weight is 217 g/mol. The molecule has 86 valence electrons. The van der Waals surface area contributed by atoms with Gasteiger partial charge in [-0.2, -0.15) is 5.26 Å². The SMILES string of the molecule is CCC(C)(C#N)C(O)(CC)c1ccccc1. The van der Waals surface area contributed by atoms with Gasteiger partial charge in [0, 0.05) is 0 Å². The molecule has 1 aromatic carbocycles. The van der Waals surface area contributed by atoms with Crippen LogP contribution in [0.3, 0.4) is 0 Å². The lowest BCUT2D eigenvalue weighted by Gasteiger charge is -2.39. The van der Waals surface area contributed by atoms with Crippen LogP contribution >= 0.6 is 0 Å². The molecule has 2 unspecified atom stereocenters.